The normalized spacial score (nSPS) is 10.0. The number of nitrogens with one attached hydrogen (secondary N) is 3. The first-order valence-electron chi connectivity index (χ1n) is 7.89. The molecule has 0 saturated carbocycles. The van der Waals surface area contributed by atoms with Crippen LogP contribution in [-0.4, -0.2) is 25.0 Å². The van der Waals surface area contributed by atoms with Gasteiger partial charge < -0.3 is 20.7 Å². The predicted molar refractivity (Wildman–Crippen MR) is 91.8 cm³/mol. The first-order chi connectivity index (χ1) is 12.1. The highest BCUT2D eigenvalue weighted by molar-refractivity contribution is 5.83. The number of benzene rings is 2. The van der Waals surface area contributed by atoms with E-state index in [1.165, 1.54) is 12.1 Å². The summed E-state index contributed by atoms with van der Waals surface area (Å²) in [4.78, 5) is 23.0. The van der Waals surface area contributed by atoms with Crippen molar-refractivity contribution in [2.24, 2.45) is 0 Å². The van der Waals surface area contributed by atoms with Crippen molar-refractivity contribution in [1.29, 1.82) is 0 Å². The molecule has 7 heteroatoms. The first-order valence-corrected chi connectivity index (χ1v) is 7.89. The topological polar surface area (TPSA) is 79.5 Å². The minimum atomic E-state index is -0.480. The molecule has 2 aromatic rings. The summed E-state index contributed by atoms with van der Waals surface area (Å²) >= 11 is 0. The molecule has 0 fully saturated rings. The maximum absolute atomic E-state index is 13.7. The highest BCUT2D eigenvalue weighted by Crippen LogP contribution is 2.27. The molecule has 0 unspecified atom stereocenters. The molecule has 6 nitrogen and oxygen atoms in total. The molecule has 0 radical (unpaired) electrons. The minimum Gasteiger partial charge on any atom is -0.454 e. The van der Waals surface area contributed by atoms with Gasteiger partial charge in [0.2, 0.25) is 5.91 Å². The van der Waals surface area contributed by atoms with E-state index >= 15 is 0 Å². The van der Waals surface area contributed by atoms with Gasteiger partial charge in [-0.15, -0.1) is 0 Å². The van der Waals surface area contributed by atoms with Crippen molar-refractivity contribution in [3.8, 4) is 11.5 Å². The summed E-state index contributed by atoms with van der Waals surface area (Å²) in [5.74, 6) is -0.182. The van der Waals surface area contributed by atoms with E-state index in [1.807, 2.05) is 0 Å². The molecule has 2 aromatic carbocycles. The number of para-hydroxylation sites is 2. The lowest BCUT2D eigenvalue weighted by Crippen LogP contribution is -2.41. The SMILES string of the molecule is CCNC(=O)CNC(=O)NCc1ccccc1Oc1ccccc1F. The number of rotatable bonds is 7. The van der Waals surface area contributed by atoms with E-state index in [-0.39, 0.29) is 24.7 Å². The summed E-state index contributed by atoms with van der Waals surface area (Å²) < 4.78 is 19.3. The Morgan fingerprint density at radius 2 is 1.64 bits per heavy atom. The predicted octanol–water partition coefficient (Wildman–Crippen LogP) is 2.55. The number of likely N-dealkylation sites (N-methyl/N-ethyl adjacent to an activating group) is 1. The molecule has 0 aromatic heterocycles. The minimum absolute atomic E-state index is 0.104. The van der Waals surface area contributed by atoms with Crippen LogP contribution in [-0.2, 0) is 11.3 Å². The number of carbonyl (C=O) groups is 2. The zero-order valence-corrected chi connectivity index (χ0v) is 13.8. The molecule has 132 valence electrons. The molecule has 0 aliphatic carbocycles. The Hall–Kier alpha value is -3.09. The molecule has 0 heterocycles. The van der Waals surface area contributed by atoms with Crippen molar-refractivity contribution in [2.45, 2.75) is 13.5 Å². The highest BCUT2D eigenvalue weighted by Gasteiger charge is 2.09. The average molecular weight is 345 g/mol. The van der Waals surface area contributed by atoms with Gasteiger partial charge in [0.1, 0.15) is 5.75 Å². The molecule has 3 N–H and O–H groups in total. The second-order valence-electron chi connectivity index (χ2n) is 5.13. The third kappa shape index (κ3) is 5.80. The zero-order valence-electron chi connectivity index (χ0n) is 13.8. The van der Waals surface area contributed by atoms with Crippen LogP contribution in [0.25, 0.3) is 0 Å². The van der Waals surface area contributed by atoms with E-state index in [1.54, 1.807) is 43.3 Å². The largest absolute Gasteiger partial charge is 0.454 e. The van der Waals surface area contributed by atoms with Crippen LogP contribution in [0.15, 0.2) is 48.5 Å². The summed E-state index contributed by atoms with van der Waals surface area (Å²) in [6.45, 7) is 2.37. The Morgan fingerprint density at radius 3 is 2.36 bits per heavy atom. The Morgan fingerprint density at radius 1 is 0.960 bits per heavy atom. The lowest BCUT2D eigenvalue weighted by Gasteiger charge is -2.13. The Labute approximate surface area is 145 Å². The van der Waals surface area contributed by atoms with Gasteiger partial charge in [-0.3, -0.25) is 4.79 Å². The van der Waals surface area contributed by atoms with Gasteiger partial charge in [0.25, 0.3) is 0 Å². The molecular weight excluding hydrogens is 325 g/mol. The van der Waals surface area contributed by atoms with E-state index in [0.29, 0.717) is 17.9 Å². The summed E-state index contributed by atoms with van der Waals surface area (Å²) in [5, 5.41) is 7.67. The summed E-state index contributed by atoms with van der Waals surface area (Å²) in [6, 6.07) is 12.6. The fourth-order valence-electron chi connectivity index (χ4n) is 2.05. The molecule has 3 amide bonds. The van der Waals surface area contributed by atoms with Crippen molar-refractivity contribution >= 4 is 11.9 Å². The van der Waals surface area contributed by atoms with Crippen molar-refractivity contribution in [2.75, 3.05) is 13.1 Å². The lowest BCUT2D eigenvalue weighted by molar-refractivity contribution is -0.119. The average Bonchev–Trinajstić information content (AvgIpc) is 2.61. The Kier molecular flexibility index (Phi) is 6.76. The number of carbonyl (C=O) groups excluding carboxylic acids is 2. The second kappa shape index (κ2) is 9.27. The molecule has 0 aliphatic heterocycles. The third-order valence-electron chi connectivity index (χ3n) is 3.25. The quantitative estimate of drug-likeness (QED) is 0.721. The van der Waals surface area contributed by atoms with E-state index in [9.17, 15) is 14.0 Å². The fourth-order valence-corrected chi connectivity index (χ4v) is 2.05. The van der Waals surface area contributed by atoms with Gasteiger partial charge in [-0.05, 0) is 25.1 Å². The molecule has 0 aliphatic rings. The number of urea groups is 1. The molecule has 2 rings (SSSR count). The maximum Gasteiger partial charge on any atom is 0.315 e. The van der Waals surface area contributed by atoms with Crippen LogP contribution in [0.4, 0.5) is 9.18 Å². The van der Waals surface area contributed by atoms with Crippen LogP contribution in [0.1, 0.15) is 12.5 Å². The molecule has 0 atom stereocenters. The van der Waals surface area contributed by atoms with Gasteiger partial charge >= 0.3 is 6.03 Å². The van der Waals surface area contributed by atoms with E-state index < -0.39 is 11.8 Å². The fraction of sp³-hybridized carbons (Fsp3) is 0.222. The molecule has 0 bridgehead atoms. The van der Waals surface area contributed by atoms with Crippen molar-refractivity contribution in [3.05, 3.63) is 59.9 Å². The molecule has 25 heavy (non-hydrogen) atoms. The van der Waals surface area contributed by atoms with E-state index in [0.717, 1.165) is 0 Å². The van der Waals surface area contributed by atoms with Gasteiger partial charge in [-0.25, -0.2) is 9.18 Å². The van der Waals surface area contributed by atoms with Crippen molar-refractivity contribution < 1.29 is 18.7 Å². The lowest BCUT2D eigenvalue weighted by atomic mass is 10.2. The van der Waals surface area contributed by atoms with Crippen LogP contribution < -0.4 is 20.7 Å². The summed E-state index contributed by atoms with van der Waals surface area (Å²) in [5.41, 5.74) is 0.680. The Balaban J connectivity index is 1.93. The van der Waals surface area contributed by atoms with Crippen LogP contribution in [0.2, 0.25) is 0 Å². The smallest absolute Gasteiger partial charge is 0.315 e. The summed E-state index contributed by atoms with van der Waals surface area (Å²) in [6.07, 6.45) is 0. The van der Waals surface area contributed by atoms with Crippen molar-refractivity contribution in [3.63, 3.8) is 0 Å². The maximum atomic E-state index is 13.7. The number of hydrogen-bond donors (Lipinski definition) is 3. The molecule has 0 saturated heterocycles. The monoisotopic (exact) mass is 345 g/mol. The van der Waals surface area contributed by atoms with Gasteiger partial charge in [0.05, 0.1) is 6.54 Å². The van der Waals surface area contributed by atoms with Gasteiger partial charge in [0.15, 0.2) is 11.6 Å². The second-order valence-corrected chi connectivity index (χ2v) is 5.13. The number of amides is 3. The number of halogens is 1. The van der Waals surface area contributed by atoms with Crippen LogP contribution in [0.3, 0.4) is 0 Å². The summed E-state index contributed by atoms with van der Waals surface area (Å²) in [7, 11) is 0. The molecular formula is C18H20FN3O3. The van der Waals surface area contributed by atoms with Crippen LogP contribution in [0.5, 0.6) is 11.5 Å². The van der Waals surface area contributed by atoms with Crippen LogP contribution >= 0.6 is 0 Å². The highest BCUT2D eigenvalue weighted by atomic mass is 19.1. The van der Waals surface area contributed by atoms with E-state index in [4.69, 9.17) is 4.74 Å². The number of hydrogen-bond acceptors (Lipinski definition) is 3. The van der Waals surface area contributed by atoms with Gasteiger partial charge in [0, 0.05) is 18.7 Å². The Bertz CT molecular complexity index is 737. The molecule has 0 spiro atoms. The standard InChI is InChI=1S/C18H20FN3O3/c1-2-20-17(23)12-22-18(24)21-11-13-7-3-5-9-15(13)25-16-10-6-4-8-14(16)19/h3-10H,2,11-12H2,1H3,(H,20,23)(H2,21,22,24). The third-order valence-corrected chi connectivity index (χ3v) is 3.25. The van der Waals surface area contributed by atoms with Gasteiger partial charge in [-0.1, -0.05) is 30.3 Å². The van der Waals surface area contributed by atoms with Gasteiger partial charge in [-0.2, -0.15) is 0 Å². The van der Waals surface area contributed by atoms with Crippen LogP contribution in [0, 0.1) is 5.82 Å². The first kappa shape index (κ1) is 18.3. The number of ether oxygens (including phenoxy) is 1. The van der Waals surface area contributed by atoms with E-state index in [2.05, 4.69) is 16.0 Å². The zero-order chi connectivity index (χ0) is 18.1. The van der Waals surface area contributed by atoms with Crippen molar-refractivity contribution in [1.82, 2.24) is 16.0 Å².